The van der Waals surface area contributed by atoms with Crippen LogP contribution >= 0.6 is 0 Å². The molecule has 17 heavy (non-hydrogen) atoms. The Hall–Kier alpha value is -1.36. The highest BCUT2D eigenvalue weighted by atomic mass is 16.5. The highest BCUT2D eigenvalue weighted by Crippen LogP contribution is 2.04. The second-order valence-electron chi connectivity index (χ2n) is 3.99. The van der Waals surface area contributed by atoms with E-state index in [-0.39, 0.29) is 5.97 Å². The molecule has 0 saturated carbocycles. The van der Waals surface area contributed by atoms with Gasteiger partial charge in [-0.15, -0.1) is 0 Å². The molecule has 0 N–H and O–H groups in total. The fourth-order valence-electron chi connectivity index (χ4n) is 1.70. The van der Waals surface area contributed by atoms with E-state index < -0.39 is 0 Å². The van der Waals surface area contributed by atoms with Gasteiger partial charge >= 0.3 is 5.97 Å². The minimum atomic E-state index is -0.193. The molecule has 5 heteroatoms. The quantitative estimate of drug-likeness (QED) is 0.673. The third-order valence-corrected chi connectivity index (χ3v) is 2.54. The average molecular weight is 239 g/mol. The van der Waals surface area contributed by atoms with Crippen molar-refractivity contribution >= 4 is 5.97 Å². The molecule has 0 radical (unpaired) electrons. The van der Waals surface area contributed by atoms with Crippen molar-refractivity contribution in [3.8, 4) is 0 Å². The molecule has 0 amide bonds. The largest absolute Gasteiger partial charge is 0.468 e. The molecule has 0 aromatic carbocycles. The third-order valence-electron chi connectivity index (χ3n) is 2.54. The Balaban J connectivity index is 2.55. The summed E-state index contributed by atoms with van der Waals surface area (Å²) < 4.78 is 6.58. The topological polar surface area (TPSA) is 47.4 Å². The van der Waals surface area contributed by atoms with Crippen LogP contribution in [0.15, 0.2) is 12.4 Å². The highest BCUT2D eigenvalue weighted by molar-refractivity contribution is 5.71. The number of hydrogen-bond acceptors (Lipinski definition) is 4. The molecule has 0 unspecified atom stereocenters. The van der Waals surface area contributed by atoms with Crippen molar-refractivity contribution in [1.82, 2.24) is 14.7 Å². The Labute approximate surface area is 102 Å². The first-order valence-corrected chi connectivity index (χ1v) is 6.00. The zero-order valence-electron chi connectivity index (χ0n) is 10.8. The molecule has 0 aliphatic rings. The van der Waals surface area contributed by atoms with Crippen LogP contribution in [-0.2, 0) is 22.6 Å². The lowest BCUT2D eigenvalue weighted by molar-refractivity contribution is -0.142. The lowest BCUT2D eigenvalue weighted by atomic mass is 10.3. The monoisotopic (exact) mass is 239 g/mol. The summed E-state index contributed by atoms with van der Waals surface area (Å²) in [4.78, 5) is 13.3. The molecular formula is C12H21N3O2. The molecular weight excluding hydrogens is 218 g/mol. The van der Waals surface area contributed by atoms with E-state index in [9.17, 15) is 4.79 Å². The summed E-state index contributed by atoms with van der Waals surface area (Å²) in [5.41, 5.74) is 1.13. The van der Waals surface area contributed by atoms with Gasteiger partial charge in [0.25, 0.3) is 0 Å². The minimum absolute atomic E-state index is 0.193. The SMILES string of the molecule is CCCN(CC(=O)OC)Cc1cnn(CC)c1. The zero-order valence-corrected chi connectivity index (χ0v) is 10.8. The van der Waals surface area contributed by atoms with Crippen LogP contribution in [0.3, 0.4) is 0 Å². The molecule has 1 aromatic heterocycles. The van der Waals surface area contributed by atoms with Gasteiger partial charge in [-0.2, -0.15) is 5.10 Å². The summed E-state index contributed by atoms with van der Waals surface area (Å²) in [7, 11) is 1.42. The number of hydrogen-bond donors (Lipinski definition) is 0. The van der Waals surface area contributed by atoms with Crippen LogP contribution in [-0.4, -0.2) is 40.8 Å². The summed E-state index contributed by atoms with van der Waals surface area (Å²) in [5.74, 6) is -0.193. The lowest BCUT2D eigenvalue weighted by Crippen LogP contribution is -2.30. The number of aryl methyl sites for hydroxylation is 1. The molecule has 0 fully saturated rings. The number of nitrogens with zero attached hydrogens (tertiary/aromatic N) is 3. The molecule has 1 rings (SSSR count). The standard InChI is InChI=1S/C12H21N3O2/c1-4-6-14(10-12(16)17-3)8-11-7-13-15(5-2)9-11/h7,9H,4-6,8,10H2,1-3H3. The fraction of sp³-hybridized carbons (Fsp3) is 0.667. The van der Waals surface area contributed by atoms with Crippen LogP contribution in [0.5, 0.6) is 0 Å². The zero-order chi connectivity index (χ0) is 12.7. The molecule has 0 saturated heterocycles. The number of esters is 1. The Morgan fingerprint density at radius 1 is 1.53 bits per heavy atom. The fourth-order valence-corrected chi connectivity index (χ4v) is 1.70. The molecule has 96 valence electrons. The van der Waals surface area contributed by atoms with E-state index in [1.807, 2.05) is 17.1 Å². The summed E-state index contributed by atoms with van der Waals surface area (Å²) in [6, 6.07) is 0. The lowest BCUT2D eigenvalue weighted by Gasteiger charge is -2.19. The molecule has 0 bridgehead atoms. The second-order valence-corrected chi connectivity index (χ2v) is 3.99. The Morgan fingerprint density at radius 2 is 2.29 bits per heavy atom. The van der Waals surface area contributed by atoms with Crippen molar-refractivity contribution in [3.63, 3.8) is 0 Å². The van der Waals surface area contributed by atoms with Crippen molar-refractivity contribution in [2.45, 2.75) is 33.4 Å². The van der Waals surface area contributed by atoms with Crippen LogP contribution in [0.1, 0.15) is 25.8 Å². The second kappa shape index (κ2) is 7.06. The summed E-state index contributed by atoms with van der Waals surface area (Å²) in [6.45, 7) is 6.97. The minimum Gasteiger partial charge on any atom is -0.468 e. The first-order valence-electron chi connectivity index (χ1n) is 6.00. The molecule has 0 spiro atoms. The maximum Gasteiger partial charge on any atom is 0.319 e. The maximum atomic E-state index is 11.3. The molecule has 0 atom stereocenters. The van der Waals surface area contributed by atoms with Gasteiger partial charge in [0.05, 0.1) is 19.9 Å². The van der Waals surface area contributed by atoms with Gasteiger partial charge in [-0.25, -0.2) is 0 Å². The number of rotatable bonds is 7. The number of carbonyl (C=O) groups excluding carboxylic acids is 1. The predicted octanol–water partition coefficient (Wildman–Crippen LogP) is 1.29. The molecule has 1 aromatic rings. The van der Waals surface area contributed by atoms with Gasteiger partial charge < -0.3 is 4.74 Å². The molecule has 0 aliphatic carbocycles. The van der Waals surface area contributed by atoms with Gasteiger partial charge in [0.2, 0.25) is 0 Å². The average Bonchev–Trinajstić information content (AvgIpc) is 2.77. The van der Waals surface area contributed by atoms with E-state index in [4.69, 9.17) is 0 Å². The smallest absolute Gasteiger partial charge is 0.319 e. The summed E-state index contributed by atoms with van der Waals surface area (Å²) >= 11 is 0. The van der Waals surface area contributed by atoms with Crippen LogP contribution in [0.2, 0.25) is 0 Å². The van der Waals surface area contributed by atoms with Crippen molar-refractivity contribution in [2.75, 3.05) is 20.2 Å². The third kappa shape index (κ3) is 4.56. The van der Waals surface area contributed by atoms with E-state index in [0.717, 1.165) is 31.6 Å². The normalized spacial score (nSPS) is 10.8. The van der Waals surface area contributed by atoms with E-state index in [1.165, 1.54) is 7.11 Å². The van der Waals surface area contributed by atoms with Crippen molar-refractivity contribution < 1.29 is 9.53 Å². The number of ether oxygens (including phenoxy) is 1. The molecule has 0 aliphatic heterocycles. The first-order chi connectivity index (χ1) is 8.19. The van der Waals surface area contributed by atoms with Crippen molar-refractivity contribution in [3.05, 3.63) is 18.0 Å². The number of methoxy groups -OCH3 is 1. The Bertz CT molecular complexity index is 349. The van der Waals surface area contributed by atoms with E-state index in [1.54, 1.807) is 0 Å². The van der Waals surface area contributed by atoms with Crippen molar-refractivity contribution in [2.24, 2.45) is 0 Å². The molecule has 1 heterocycles. The van der Waals surface area contributed by atoms with Crippen LogP contribution < -0.4 is 0 Å². The van der Waals surface area contributed by atoms with Crippen LogP contribution in [0, 0.1) is 0 Å². The van der Waals surface area contributed by atoms with Gasteiger partial charge in [0.1, 0.15) is 0 Å². The highest BCUT2D eigenvalue weighted by Gasteiger charge is 2.11. The van der Waals surface area contributed by atoms with Crippen LogP contribution in [0.4, 0.5) is 0 Å². The first kappa shape index (κ1) is 13.7. The van der Waals surface area contributed by atoms with Gasteiger partial charge in [0, 0.05) is 24.8 Å². The Morgan fingerprint density at radius 3 is 2.82 bits per heavy atom. The maximum absolute atomic E-state index is 11.3. The number of aromatic nitrogens is 2. The van der Waals surface area contributed by atoms with Crippen LogP contribution in [0.25, 0.3) is 0 Å². The van der Waals surface area contributed by atoms with Gasteiger partial charge in [0.15, 0.2) is 0 Å². The summed E-state index contributed by atoms with van der Waals surface area (Å²) in [5, 5.41) is 4.22. The van der Waals surface area contributed by atoms with E-state index >= 15 is 0 Å². The van der Waals surface area contributed by atoms with Gasteiger partial charge in [-0.3, -0.25) is 14.4 Å². The van der Waals surface area contributed by atoms with Gasteiger partial charge in [-0.1, -0.05) is 6.92 Å². The molecule has 5 nitrogen and oxygen atoms in total. The predicted molar refractivity (Wildman–Crippen MR) is 65.5 cm³/mol. The van der Waals surface area contributed by atoms with E-state index in [0.29, 0.717) is 6.54 Å². The Kier molecular flexibility index (Phi) is 5.69. The van der Waals surface area contributed by atoms with E-state index in [2.05, 4.69) is 28.6 Å². The summed E-state index contributed by atoms with van der Waals surface area (Å²) in [6.07, 6.45) is 4.88. The van der Waals surface area contributed by atoms with Crippen molar-refractivity contribution in [1.29, 1.82) is 0 Å². The number of carbonyl (C=O) groups is 1. The van der Waals surface area contributed by atoms with Gasteiger partial charge in [-0.05, 0) is 19.9 Å².